The summed E-state index contributed by atoms with van der Waals surface area (Å²) in [4.78, 5) is 2.98. The average Bonchev–Trinajstić information content (AvgIpc) is 2.98. The third kappa shape index (κ3) is 3.61. The third-order valence-corrected chi connectivity index (χ3v) is 5.94. The molecular weight excluding hydrogens is 250 g/mol. The minimum atomic E-state index is 0.348. The lowest BCUT2D eigenvalue weighted by Crippen LogP contribution is -2.42. The van der Waals surface area contributed by atoms with Crippen molar-refractivity contribution in [2.24, 2.45) is 17.1 Å². The average molecular weight is 279 g/mol. The summed E-state index contributed by atoms with van der Waals surface area (Å²) in [5.41, 5.74) is 7.07. The van der Waals surface area contributed by atoms with Crippen LogP contribution in [0.2, 0.25) is 0 Å². The number of rotatable bonds is 6. The summed E-state index contributed by atoms with van der Waals surface area (Å²) in [6.07, 6.45) is 8.99. The lowest BCUT2D eigenvalue weighted by Gasteiger charge is -2.37. The molecule has 1 fully saturated rings. The van der Waals surface area contributed by atoms with Crippen molar-refractivity contribution in [3.8, 4) is 0 Å². The highest BCUT2D eigenvalue weighted by Gasteiger charge is 2.39. The molecule has 2 N–H and O–H groups in total. The van der Waals surface area contributed by atoms with Crippen LogP contribution < -0.4 is 5.73 Å². The molecule has 19 heavy (non-hydrogen) atoms. The maximum Gasteiger partial charge on any atom is 0.0144 e. The fourth-order valence-electron chi connectivity index (χ4n) is 3.77. The minimum Gasteiger partial charge on any atom is -0.327 e. The summed E-state index contributed by atoms with van der Waals surface area (Å²) >= 11 is 1.96. The number of hydrogen-bond acceptors (Lipinski definition) is 2. The third-order valence-electron chi connectivity index (χ3n) is 4.69. The molecule has 1 aliphatic carbocycles. The van der Waals surface area contributed by atoms with E-state index in [0.29, 0.717) is 11.5 Å². The van der Waals surface area contributed by atoms with Crippen molar-refractivity contribution in [1.82, 2.24) is 0 Å². The van der Waals surface area contributed by atoms with E-state index in [1.54, 1.807) is 0 Å². The fourth-order valence-corrected chi connectivity index (χ4v) is 4.79. The Kier molecular flexibility index (Phi) is 5.08. The van der Waals surface area contributed by atoms with Crippen molar-refractivity contribution in [3.05, 3.63) is 21.9 Å². The molecule has 0 spiro atoms. The number of nitrogens with two attached hydrogens (primary N) is 1. The van der Waals surface area contributed by atoms with Crippen LogP contribution >= 0.6 is 11.3 Å². The molecule has 108 valence electrons. The Bertz CT molecular complexity index is 388. The second kappa shape index (κ2) is 6.41. The molecule has 1 aliphatic rings. The molecule has 1 heterocycles. The van der Waals surface area contributed by atoms with Crippen LogP contribution in [0.1, 0.15) is 62.6 Å². The number of thiophene rings is 1. The molecule has 0 radical (unpaired) electrons. The van der Waals surface area contributed by atoms with Gasteiger partial charge in [0.15, 0.2) is 0 Å². The molecule has 0 aromatic carbocycles. The first-order chi connectivity index (χ1) is 9.05. The van der Waals surface area contributed by atoms with E-state index in [0.717, 1.165) is 18.8 Å². The highest BCUT2D eigenvalue weighted by atomic mass is 32.1. The lowest BCUT2D eigenvalue weighted by molar-refractivity contribution is 0.182. The van der Waals surface area contributed by atoms with Crippen LogP contribution in [0, 0.1) is 11.3 Å². The van der Waals surface area contributed by atoms with Gasteiger partial charge in [-0.25, -0.2) is 0 Å². The Morgan fingerprint density at radius 3 is 2.37 bits per heavy atom. The number of hydrogen-bond donors (Lipinski definition) is 1. The Hall–Kier alpha value is -0.340. The van der Waals surface area contributed by atoms with Crippen LogP contribution in [0.4, 0.5) is 0 Å². The van der Waals surface area contributed by atoms with Gasteiger partial charge in [-0.1, -0.05) is 33.6 Å². The molecule has 1 atom stereocenters. The Labute approximate surface area is 122 Å². The van der Waals surface area contributed by atoms with E-state index < -0.39 is 0 Å². The first-order valence-corrected chi connectivity index (χ1v) is 8.70. The van der Waals surface area contributed by atoms with Crippen molar-refractivity contribution in [2.75, 3.05) is 0 Å². The SMILES string of the molecule is CCc1ccc(CC(N)C2(CC(C)C)CCCC2)s1. The fraction of sp³-hybridized carbons (Fsp3) is 0.765. The first kappa shape index (κ1) is 15.1. The zero-order valence-corrected chi connectivity index (χ0v) is 13.6. The molecule has 0 amide bonds. The normalized spacial score (nSPS) is 20.1. The molecular formula is C17H29NS. The summed E-state index contributed by atoms with van der Waals surface area (Å²) in [6.45, 7) is 6.91. The predicted octanol–water partition coefficient (Wildman–Crippen LogP) is 4.79. The second-order valence-corrected chi connectivity index (χ2v) is 7.95. The Morgan fingerprint density at radius 1 is 1.21 bits per heavy atom. The predicted molar refractivity (Wildman–Crippen MR) is 85.7 cm³/mol. The zero-order valence-electron chi connectivity index (χ0n) is 12.7. The highest BCUT2D eigenvalue weighted by Crippen LogP contribution is 2.46. The van der Waals surface area contributed by atoms with Crippen LogP contribution in [-0.2, 0) is 12.8 Å². The van der Waals surface area contributed by atoms with E-state index in [-0.39, 0.29) is 0 Å². The molecule has 0 bridgehead atoms. The largest absolute Gasteiger partial charge is 0.327 e. The Morgan fingerprint density at radius 2 is 1.84 bits per heavy atom. The van der Waals surface area contributed by atoms with Gasteiger partial charge in [-0.2, -0.15) is 0 Å². The van der Waals surface area contributed by atoms with Crippen molar-refractivity contribution in [2.45, 2.75) is 71.8 Å². The molecule has 0 saturated heterocycles. The van der Waals surface area contributed by atoms with Gasteiger partial charge >= 0.3 is 0 Å². The summed E-state index contributed by atoms with van der Waals surface area (Å²) in [7, 11) is 0. The van der Waals surface area contributed by atoms with E-state index in [1.165, 1.54) is 41.9 Å². The maximum atomic E-state index is 6.65. The topological polar surface area (TPSA) is 26.0 Å². The van der Waals surface area contributed by atoms with E-state index in [2.05, 4.69) is 32.9 Å². The van der Waals surface area contributed by atoms with Crippen molar-refractivity contribution < 1.29 is 0 Å². The van der Waals surface area contributed by atoms with Gasteiger partial charge in [-0.3, -0.25) is 0 Å². The minimum absolute atomic E-state index is 0.348. The standard InChI is InChI=1S/C17H29NS/c1-4-14-7-8-15(19-14)11-16(18)17(12-13(2)3)9-5-6-10-17/h7-8,13,16H,4-6,9-12,18H2,1-3H3. The number of aryl methyl sites for hydroxylation is 1. The van der Waals surface area contributed by atoms with E-state index in [1.807, 2.05) is 11.3 Å². The van der Waals surface area contributed by atoms with Gasteiger partial charge in [0.05, 0.1) is 0 Å². The lowest BCUT2D eigenvalue weighted by atomic mass is 9.72. The molecule has 1 unspecified atom stereocenters. The van der Waals surface area contributed by atoms with Crippen molar-refractivity contribution >= 4 is 11.3 Å². The molecule has 1 aromatic rings. The van der Waals surface area contributed by atoms with E-state index in [9.17, 15) is 0 Å². The van der Waals surface area contributed by atoms with Crippen LogP contribution in [-0.4, -0.2) is 6.04 Å². The Balaban J connectivity index is 2.05. The monoisotopic (exact) mass is 279 g/mol. The summed E-state index contributed by atoms with van der Waals surface area (Å²) in [5, 5.41) is 0. The van der Waals surface area contributed by atoms with Crippen LogP contribution in [0.5, 0.6) is 0 Å². The summed E-state index contributed by atoms with van der Waals surface area (Å²) < 4.78 is 0. The van der Waals surface area contributed by atoms with E-state index in [4.69, 9.17) is 5.73 Å². The second-order valence-electron chi connectivity index (χ2n) is 6.70. The summed E-state index contributed by atoms with van der Waals surface area (Å²) in [6, 6.07) is 4.92. The molecule has 1 nitrogen and oxygen atoms in total. The van der Waals surface area contributed by atoms with Gasteiger partial charge in [-0.05, 0) is 55.6 Å². The van der Waals surface area contributed by atoms with Gasteiger partial charge in [0, 0.05) is 15.8 Å². The zero-order chi connectivity index (χ0) is 13.9. The molecule has 0 aliphatic heterocycles. The van der Waals surface area contributed by atoms with Gasteiger partial charge in [0.1, 0.15) is 0 Å². The van der Waals surface area contributed by atoms with Gasteiger partial charge in [-0.15, -0.1) is 11.3 Å². The van der Waals surface area contributed by atoms with Crippen molar-refractivity contribution in [3.63, 3.8) is 0 Å². The quantitative estimate of drug-likeness (QED) is 0.796. The maximum absolute atomic E-state index is 6.65. The van der Waals surface area contributed by atoms with Crippen LogP contribution in [0.15, 0.2) is 12.1 Å². The molecule has 2 rings (SSSR count). The van der Waals surface area contributed by atoms with Crippen molar-refractivity contribution in [1.29, 1.82) is 0 Å². The summed E-state index contributed by atoms with van der Waals surface area (Å²) in [5.74, 6) is 0.763. The van der Waals surface area contributed by atoms with Gasteiger partial charge < -0.3 is 5.73 Å². The van der Waals surface area contributed by atoms with Crippen LogP contribution in [0.25, 0.3) is 0 Å². The smallest absolute Gasteiger partial charge is 0.0144 e. The first-order valence-electron chi connectivity index (χ1n) is 7.89. The van der Waals surface area contributed by atoms with Gasteiger partial charge in [0.2, 0.25) is 0 Å². The highest BCUT2D eigenvalue weighted by molar-refractivity contribution is 7.11. The van der Waals surface area contributed by atoms with Crippen LogP contribution in [0.3, 0.4) is 0 Å². The molecule has 1 aromatic heterocycles. The molecule has 1 saturated carbocycles. The van der Waals surface area contributed by atoms with Gasteiger partial charge in [0.25, 0.3) is 0 Å². The van der Waals surface area contributed by atoms with E-state index >= 15 is 0 Å². The molecule has 2 heteroatoms.